The zero-order valence-electron chi connectivity index (χ0n) is 5.83. The van der Waals surface area contributed by atoms with Crippen molar-refractivity contribution in [3.05, 3.63) is 25.3 Å². The lowest BCUT2D eigenvalue weighted by Crippen LogP contribution is -1.96. The molecule has 0 amide bonds. The first kappa shape index (κ1) is 7.28. The fourth-order valence-corrected chi connectivity index (χ4v) is 0.783. The largest absolute Gasteiger partial charge is 0.337 e. The van der Waals surface area contributed by atoms with Gasteiger partial charge in [0, 0.05) is 18.9 Å². The van der Waals surface area contributed by atoms with Crippen LogP contribution in [0.15, 0.2) is 18.7 Å². The molecule has 1 heterocycles. The van der Waals surface area contributed by atoms with Gasteiger partial charge in [0.15, 0.2) is 0 Å². The summed E-state index contributed by atoms with van der Waals surface area (Å²) in [5, 5.41) is 0. The maximum atomic E-state index is 5.09. The topological polar surface area (TPSA) is 43.8 Å². The molecule has 0 aromatic carbocycles. The van der Waals surface area contributed by atoms with Crippen LogP contribution < -0.4 is 5.73 Å². The Labute approximate surface area is 60.9 Å². The maximum Gasteiger partial charge on any atom is 0.0945 e. The van der Waals surface area contributed by atoms with Crippen molar-refractivity contribution in [1.29, 1.82) is 0 Å². The van der Waals surface area contributed by atoms with Gasteiger partial charge >= 0.3 is 0 Å². The van der Waals surface area contributed by atoms with Crippen LogP contribution in [0.4, 0.5) is 0 Å². The van der Waals surface area contributed by atoms with Gasteiger partial charge in [-0.2, -0.15) is 0 Å². The number of aromatic nitrogens is 2. The molecular formula is C7H11N3. The first-order valence-electron chi connectivity index (χ1n) is 3.32. The van der Waals surface area contributed by atoms with Crippen molar-refractivity contribution < 1.29 is 0 Å². The van der Waals surface area contributed by atoms with Crippen LogP contribution in [0.5, 0.6) is 0 Å². The van der Waals surface area contributed by atoms with Gasteiger partial charge < -0.3 is 10.3 Å². The molecule has 10 heavy (non-hydrogen) atoms. The number of rotatable bonds is 4. The number of nitrogens with zero attached hydrogens (tertiary/aromatic N) is 2. The van der Waals surface area contributed by atoms with Crippen molar-refractivity contribution in [1.82, 2.24) is 9.55 Å². The standard InChI is InChI=1S/C7H11N3/c8-3-1-2-5-10-6-4-9-7-10/h4,6-7H,1-2,5,8H2. The highest BCUT2D eigenvalue weighted by molar-refractivity contribution is 4.73. The lowest BCUT2D eigenvalue weighted by molar-refractivity contribution is 0.635. The van der Waals surface area contributed by atoms with Crippen LogP contribution in [-0.2, 0) is 6.54 Å². The van der Waals surface area contributed by atoms with Gasteiger partial charge in [0.05, 0.1) is 12.9 Å². The molecule has 0 aliphatic rings. The fourth-order valence-electron chi connectivity index (χ4n) is 0.783. The molecule has 1 aromatic rings. The molecule has 0 bridgehead atoms. The van der Waals surface area contributed by atoms with Crippen LogP contribution in [0, 0.1) is 6.54 Å². The lowest BCUT2D eigenvalue weighted by atomic mass is 10.3. The van der Waals surface area contributed by atoms with Crippen LogP contribution in [-0.4, -0.2) is 9.55 Å². The van der Waals surface area contributed by atoms with E-state index in [1.54, 1.807) is 12.5 Å². The average molecular weight is 137 g/mol. The highest BCUT2D eigenvalue weighted by atomic mass is 15.0. The van der Waals surface area contributed by atoms with Crippen molar-refractivity contribution in [2.75, 3.05) is 0 Å². The van der Waals surface area contributed by atoms with Gasteiger partial charge in [-0.25, -0.2) is 4.98 Å². The van der Waals surface area contributed by atoms with E-state index in [0.29, 0.717) is 0 Å². The highest BCUT2D eigenvalue weighted by Crippen LogP contribution is 1.94. The smallest absolute Gasteiger partial charge is 0.0945 e. The van der Waals surface area contributed by atoms with Gasteiger partial charge in [0.1, 0.15) is 0 Å². The minimum Gasteiger partial charge on any atom is -0.337 e. The number of imidazole rings is 1. The Morgan fingerprint density at radius 2 is 2.50 bits per heavy atom. The minimum atomic E-state index is 0.845. The Bertz CT molecular complexity index is 157. The molecule has 0 saturated carbocycles. The van der Waals surface area contributed by atoms with Crippen LogP contribution >= 0.6 is 0 Å². The molecular weight excluding hydrogens is 126 g/mol. The normalized spacial score (nSPS) is 10.1. The average Bonchev–Trinajstić information content (AvgIpc) is 2.41. The molecule has 2 radical (unpaired) electrons. The summed E-state index contributed by atoms with van der Waals surface area (Å²) in [7, 11) is 0. The number of aryl methyl sites for hydroxylation is 1. The Morgan fingerprint density at radius 3 is 3.10 bits per heavy atom. The summed E-state index contributed by atoms with van der Waals surface area (Å²) < 4.78 is 2.03. The van der Waals surface area contributed by atoms with Crippen LogP contribution in [0.2, 0.25) is 0 Å². The minimum absolute atomic E-state index is 0.845. The third-order valence-corrected chi connectivity index (χ3v) is 1.30. The van der Waals surface area contributed by atoms with Crippen molar-refractivity contribution in [3.63, 3.8) is 0 Å². The predicted molar refractivity (Wildman–Crippen MR) is 38.9 cm³/mol. The molecule has 1 aromatic heterocycles. The second kappa shape index (κ2) is 4.06. The van der Waals surface area contributed by atoms with E-state index in [-0.39, 0.29) is 0 Å². The van der Waals surface area contributed by atoms with E-state index >= 15 is 0 Å². The quantitative estimate of drug-likeness (QED) is 0.489. The Hall–Kier alpha value is -0.830. The first-order valence-corrected chi connectivity index (χ1v) is 3.32. The van der Waals surface area contributed by atoms with Gasteiger partial charge in [0.2, 0.25) is 0 Å². The van der Waals surface area contributed by atoms with E-state index in [1.165, 1.54) is 0 Å². The Kier molecular flexibility index (Phi) is 2.96. The lowest BCUT2D eigenvalue weighted by Gasteiger charge is -1.97. The number of hydrogen-bond donors (Lipinski definition) is 1. The van der Waals surface area contributed by atoms with E-state index in [0.717, 1.165) is 19.4 Å². The Morgan fingerprint density at radius 1 is 1.60 bits per heavy atom. The van der Waals surface area contributed by atoms with Crippen LogP contribution in [0.25, 0.3) is 0 Å². The summed E-state index contributed by atoms with van der Waals surface area (Å²) in [6.07, 6.45) is 7.40. The highest BCUT2D eigenvalue weighted by Gasteiger charge is 1.88. The number of hydrogen-bond acceptors (Lipinski definition) is 2. The summed E-state index contributed by atoms with van der Waals surface area (Å²) >= 11 is 0. The molecule has 1 rings (SSSR count). The van der Waals surface area contributed by atoms with E-state index in [2.05, 4.69) is 11.5 Å². The summed E-state index contributed by atoms with van der Waals surface area (Å²) in [6.45, 7) is 3.57. The maximum absolute atomic E-state index is 5.09. The van der Waals surface area contributed by atoms with E-state index < -0.39 is 0 Å². The van der Waals surface area contributed by atoms with Crippen LogP contribution in [0.1, 0.15) is 12.8 Å². The molecule has 0 aliphatic carbocycles. The van der Waals surface area contributed by atoms with Crippen LogP contribution in [0.3, 0.4) is 0 Å². The van der Waals surface area contributed by atoms with E-state index in [1.807, 2.05) is 10.8 Å². The molecule has 0 fully saturated rings. The van der Waals surface area contributed by atoms with Gasteiger partial charge in [-0.3, -0.25) is 0 Å². The summed E-state index contributed by atoms with van der Waals surface area (Å²) in [5.41, 5.74) is 5.09. The molecule has 3 heteroatoms. The zero-order valence-corrected chi connectivity index (χ0v) is 5.83. The van der Waals surface area contributed by atoms with Gasteiger partial charge in [-0.15, -0.1) is 0 Å². The number of nitrogens with two attached hydrogens (primary N) is 1. The van der Waals surface area contributed by atoms with Gasteiger partial charge in [-0.1, -0.05) is 0 Å². The zero-order chi connectivity index (χ0) is 7.23. The summed E-state index contributed by atoms with van der Waals surface area (Å²) in [6, 6.07) is 0. The molecule has 54 valence electrons. The number of unbranched alkanes of at least 4 members (excludes halogenated alkanes) is 1. The second-order valence-corrected chi connectivity index (χ2v) is 2.11. The Balaban J connectivity index is 2.15. The predicted octanol–water partition coefficient (Wildman–Crippen LogP) is 0.661. The van der Waals surface area contributed by atoms with Crippen molar-refractivity contribution in [3.8, 4) is 0 Å². The van der Waals surface area contributed by atoms with Crippen molar-refractivity contribution >= 4 is 0 Å². The summed E-state index contributed by atoms with van der Waals surface area (Å²) in [4.78, 5) is 3.91. The third-order valence-electron chi connectivity index (χ3n) is 1.30. The summed E-state index contributed by atoms with van der Waals surface area (Å²) in [5.74, 6) is 0. The van der Waals surface area contributed by atoms with Crippen molar-refractivity contribution in [2.45, 2.75) is 19.4 Å². The fraction of sp³-hybridized carbons (Fsp3) is 0.429. The first-order chi connectivity index (χ1) is 4.93. The molecule has 0 unspecified atom stereocenters. The molecule has 0 spiro atoms. The molecule has 3 nitrogen and oxygen atoms in total. The second-order valence-electron chi connectivity index (χ2n) is 2.11. The van der Waals surface area contributed by atoms with Crippen molar-refractivity contribution in [2.24, 2.45) is 5.73 Å². The van der Waals surface area contributed by atoms with E-state index in [4.69, 9.17) is 5.73 Å². The third kappa shape index (κ3) is 2.19. The molecule has 0 saturated heterocycles. The molecule has 0 atom stereocenters. The SMILES string of the molecule is N[C]CCCn1ccnc1. The molecule has 0 aliphatic heterocycles. The molecule has 2 N–H and O–H groups in total. The van der Waals surface area contributed by atoms with E-state index in [9.17, 15) is 0 Å². The monoisotopic (exact) mass is 137 g/mol. The van der Waals surface area contributed by atoms with Gasteiger partial charge in [-0.05, 0) is 12.8 Å². The van der Waals surface area contributed by atoms with Gasteiger partial charge in [0.25, 0.3) is 0 Å².